The molecule has 2 aromatic rings. The van der Waals surface area contributed by atoms with Gasteiger partial charge in [-0.25, -0.2) is 0 Å². The van der Waals surface area contributed by atoms with Crippen LogP contribution in [0.2, 0.25) is 0 Å². The van der Waals surface area contributed by atoms with Crippen LogP contribution in [0.1, 0.15) is 58.6 Å². The van der Waals surface area contributed by atoms with Gasteiger partial charge in [-0.2, -0.15) is 26.3 Å². The van der Waals surface area contributed by atoms with Crippen LogP contribution in [0.5, 0.6) is 0 Å². The molecule has 1 N–H and O–H groups in total. The molecule has 0 aromatic heterocycles. The minimum Gasteiger partial charge on any atom is -0.371 e. The van der Waals surface area contributed by atoms with Crippen molar-refractivity contribution in [3.63, 3.8) is 0 Å². The van der Waals surface area contributed by atoms with Gasteiger partial charge in [0.2, 0.25) is 0 Å². The molecule has 0 fully saturated rings. The summed E-state index contributed by atoms with van der Waals surface area (Å²) in [4.78, 5) is 0. The Kier molecular flexibility index (Phi) is 6.85. The fourth-order valence-corrected chi connectivity index (χ4v) is 4.32. The number of halogens is 6. The van der Waals surface area contributed by atoms with Crippen molar-refractivity contribution in [3.8, 4) is 0 Å². The molecule has 0 heterocycles. The molecule has 0 bridgehead atoms. The van der Waals surface area contributed by atoms with E-state index in [1.165, 1.54) is 0 Å². The van der Waals surface area contributed by atoms with Crippen molar-refractivity contribution in [2.45, 2.75) is 76.6 Å². The normalized spacial score (nSPS) is 14.1. The molecule has 0 aliphatic rings. The van der Waals surface area contributed by atoms with Crippen molar-refractivity contribution in [2.75, 3.05) is 0 Å². The highest BCUT2D eigenvalue weighted by Crippen LogP contribution is 2.54. The van der Waals surface area contributed by atoms with Crippen LogP contribution in [0.15, 0.2) is 43.0 Å². The summed E-state index contributed by atoms with van der Waals surface area (Å²) in [5.41, 5.74) is -8.11. The molecule has 0 spiro atoms. The summed E-state index contributed by atoms with van der Waals surface area (Å²) >= 11 is 0. The third-order valence-corrected chi connectivity index (χ3v) is 6.13. The summed E-state index contributed by atoms with van der Waals surface area (Å²) in [6.07, 6.45) is -11.9. The van der Waals surface area contributed by atoms with Gasteiger partial charge < -0.3 is 9.84 Å². The standard InChI is InChI=1S/C24H28F6O2/c1-7-21(8-2,32-20(5,6)22(31,23(25,26)27)24(28,29)30)19-17(15(3)4)14-13-16-11-9-10-12-18(16)19/h9-14,31H,3,7-8H2,1-2,4-6H3. The van der Waals surface area contributed by atoms with E-state index in [1.54, 1.807) is 51.1 Å². The maximum absolute atomic E-state index is 13.7. The Labute approximate surface area is 183 Å². The van der Waals surface area contributed by atoms with Crippen LogP contribution >= 0.6 is 0 Å². The zero-order chi connectivity index (χ0) is 24.8. The van der Waals surface area contributed by atoms with Crippen molar-refractivity contribution < 1.29 is 36.2 Å². The van der Waals surface area contributed by atoms with Gasteiger partial charge in [-0.15, -0.1) is 0 Å². The minimum absolute atomic E-state index is 0.0625. The number of ether oxygens (including phenoxy) is 1. The van der Waals surface area contributed by atoms with Crippen molar-refractivity contribution in [1.29, 1.82) is 0 Å². The number of allylic oxidation sites excluding steroid dienone is 1. The van der Waals surface area contributed by atoms with Crippen LogP contribution < -0.4 is 0 Å². The van der Waals surface area contributed by atoms with Crippen molar-refractivity contribution in [2.24, 2.45) is 0 Å². The first-order valence-corrected chi connectivity index (χ1v) is 10.2. The second kappa shape index (κ2) is 8.37. The first kappa shape index (κ1) is 26.2. The van der Waals surface area contributed by atoms with Gasteiger partial charge in [0.05, 0.1) is 5.60 Å². The molecule has 0 aliphatic heterocycles. The molecular weight excluding hydrogens is 434 g/mol. The Morgan fingerprint density at radius 1 is 0.906 bits per heavy atom. The SMILES string of the molecule is C=C(C)c1ccc2ccccc2c1C(CC)(CC)OC(C)(C)C(O)(C(F)(F)F)C(F)(F)F. The first-order chi connectivity index (χ1) is 14.5. The Balaban J connectivity index is 2.87. The average molecular weight is 462 g/mol. The topological polar surface area (TPSA) is 29.5 Å². The van der Waals surface area contributed by atoms with E-state index in [2.05, 4.69) is 6.58 Å². The van der Waals surface area contributed by atoms with Gasteiger partial charge in [0.1, 0.15) is 5.60 Å². The van der Waals surface area contributed by atoms with Crippen LogP contribution in [0.3, 0.4) is 0 Å². The van der Waals surface area contributed by atoms with E-state index in [0.29, 0.717) is 35.9 Å². The number of aliphatic hydroxyl groups is 1. The molecule has 0 atom stereocenters. The molecule has 0 amide bonds. The highest BCUT2D eigenvalue weighted by atomic mass is 19.4. The van der Waals surface area contributed by atoms with E-state index < -0.39 is 29.2 Å². The average Bonchev–Trinajstić information content (AvgIpc) is 2.68. The number of benzene rings is 2. The number of hydrogen-bond donors (Lipinski definition) is 1. The monoisotopic (exact) mass is 462 g/mol. The Bertz CT molecular complexity index is 970. The molecule has 8 heteroatoms. The molecule has 0 radical (unpaired) electrons. The van der Waals surface area contributed by atoms with E-state index in [1.807, 2.05) is 6.07 Å². The molecular formula is C24H28F6O2. The maximum atomic E-state index is 13.7. The number of alkyl halides is 6. The summed E-state index contributed by atoms with van der Waals surface area (Å²) in [7, 11) is 0. The smallest absolute Gasteiger partial charge is 0.371 e. The fourth-order valence-electron chi connectivity index (χ4n) is 4.32. The maximum Gasteiger partial charge on any atom is 0.429 e. The summed E-state index contributed by atoms with van der Waals surface area (Å²) in [5, 5.41) is 11.5. The summed E-state index contributed by atoms with van der Waals surface area (Å²) in [5.74, 6) is 0. The molecule has 32 heavy (non-hydrogen) atoms. The van der Waals surface area contributed by atoms with Crippen LogP contribution in [0.4, 0.5) is 26.3 Å². The second-order valence-electron chi connectivity index (χ2n) is 8.51. The Morgan fingerprint density at radius 3 is 1.84 bits per heavy atom. The number of rotatable bonds is 7. The summed E-state index contributed by atoms with van der Waals surface area (Å²) < 4.78 is 87.9. The molecule has 2 aromatic carbocycles. The Morgan fingerprint density at radius 2 is 1.41 bits per heavy atom. The quantitative estimate of drug-likeness (QED) is 0.431. The number of hydrogen-bond acceptors (Lipinski definition) is 2. The fraction of sp³-hybridized carbons (Fsp3) is 0.500. The van der Waals surface area contributed by atoms with Gasteiger partial charge >= 0.3 is 12.4 Å². The highest BCUT2D eigenvalue weighted by Gasteiger charge is 2.78. The van der Waals surface area contributed by atoms with E-state index >= 15 is 0 Å². The van der Waals surface area contributed by atoms with Crippen molar-refractivity contribution >= 4 is 16.3 Å². The second-order valence-corrected chi connectivity index (χ2v) is 8.51. The molecule has 178 valence electrons. The van der Waals surface area contributed by atoms with E-state index in [9.17, 15) is 31.4 Å². The molecule has 0 saturated heterocycles. The largest absolute Gasteiger partial charge is 0.429 e. The van der Waals surface area contributed by atoms with Crippen LogP contribution in [0.25, 0.3) is 16.3 Å². The third-order valence-electron chi connectivity index (χ3n) is 6.13. The highest BCUT2D eigenvalue weighted by molar-refractivity contribution is 5.91. The van der Waals surface area contributed by atoms with Gasteiger partial charge in [0.25, 0.3) is 5.60 Å². The van der Waals surface area contributed by atoms with Gasteiger partial charge in [-0.05, 0) is 55.5 Å². The molecule has 0 saturated carbocycles. The lowest BCUT2D eigenvalue weighted by Gasteiger charge is -2.49. The van der Waals surface area contributed by atoms with Gasteiger partial charge in [0.15, 0.2) is 0 Å². The van der Waals surface area contributed by atoms with Crippen LogP contribution in [-0.2, 0) is 10.3 Å². The van der Waals surface area contributed by atoms with Crippen molar-refractivity contribution in [1.82, 2.24) is 0 Å². The van der Waals surface area contributed by atoms with Crippen LogP contribution in [0, 0.1) is 0 Å². The third kappa shape index (κ3) is 4.03. The zero-order valence-corrected chi connectivity index (χ0v) is 18.7. The lowest BCUT2D eigenvalue weighted by atomic mass is 9.77. The predicted octanol–water partition coefficient (Wildman–Crippen LogP) is 7.54. The molecule has 2 nitrogen and oxygen atoms in total. The molecule has 0 unspecified atom stereocenters. The first-order valence-electron chi connectivity index (χ1n) is 10.2. The molecule has 2 rings (SSSR count). The summed E-state index contributed by atoms with van der Waals surface area (Å²) in [6, 6.07) is 10.6. The van der Waals surface area contributed by atoms with E-state index in [-0.39, 0.29) is 12.8 Å². The lowest BCUT2D eigenvalue weighted by molar-refractivity contribution is -0.422. The minimum atomic E-state index is -6.02. The van der Waals surface area contributed by atoms with E-state index in [4.69, 9.17) is 4.74 Å². The molecule has 0 aliphatic carbocycles. The number of fused-ring (bicyclic) bond motifs is 1. The zero-order valence-electron chi connectivity index (χ0n) is 18.7. The van der Waals surface area contributed by atoms with Gasteiger partial charge in [-0.1, -0.05) is 62.4 Å². The predicted molar refractivity (Wildman–Crippen MR) is 113 cm³/mol. The summed E-state index contributed by atoms with van der Waals surface area (Å²) in [6.45, 7) is 10.1. The van der Waals surface area contributed by atoms with E-state index in [0.717, 1.165) is 5.39 Å². The van der Waals surface area contributed by atoms with Gasteiger partial charge in [0, 0.05) is 0 Å². The van der Waals surface area contributed by atoms with Crippen LogP contribution in [-0.4, -0.2) is 28.7 Å². The lowest BCUT2D eigenvalue weighted by Crippen LogP contribution is -2.70. The van der Waals surface area contributed by atoms with Gasteiger partial charge in [-0.3, -0.25) is 0 Å². The van der Waals surface area contributed by atoms with Crippen molar-refractivity contribution in [3.05, 3.63) is 54.1 Å². The Hall–Kier alpha value is -2.06.